The van der Waals surface area contributed by atoms with Gasteiger partial charge in [0.25, 0.3) is 0 Å². The molecule has 1 heterocycles. The van der Waals surface area contributed by atoms with E-state index in [1.807, 2.05) is 0 Å². The van der Waals surface area contributed by atoms with Gasteiger partial charge in [0.2, 0.25) is 0 Å². The van der Waals surface area contributed by atoms with Crippen molar-refractivity contribution in [3.05, 3.63) is 35.4 Å². The molecule has 0 spiro atoms. The second kappa shape index (κ2) is 13.3. The summed E-state index contributed by atoms with van der Waals surface area (Å²) in [6, 6.07) is 4.07. The Morgan fingerprint density at radius 2 is 2.00 bits per heavy atom. The Bertz CT molecular complexity index is 608. The van der Waals surface area contributed by atoms with Crippen molar-refractivity contribution in [2.45, 2.75) is 45.3 Å². The van der Waals surface area contributed by atoms with Crippen LogP contribution in [0.15, 0.2) is 23.2 Å². The van der Waals surface area contributed by atoms with Crippen molar-refractivity contribution in [2.24, 2.45) is 4.99 Å². The van der Waals surface area contributed by atoms with E-state index in [0.717, 1.165) is 51.1 Å². The number of halogens is 3. The lowest BCUT2D eigenvalue weighted by molar-refractivity contribution is 0.0532. The number of benzene rings is 1. The van der Waals surface area contributed by atoms with Gasteiger partial charge >= 0.3 is 0 Å². The number of nitrogens with zero attached hydrogens (tertiary/aromatic N) is 2. The third-order valence-electron chi connectivity index (χ3n) is 4.71. The molecule has 1 aliphatic heterocycles. The van der Waals surface area contributed by atoms with Crippen LogP contribution in [0, 0.1) is 11.6 Å². The topological polar surface area (TPSA) is 48.9 Å². The number of nitrogens with one attached hydrogen (secondary N) is 2. The normalized spacial score (nSPS) is 16.1. The van der Waals surface area contributed by atoms with Crippen LogP contribution < -0.4 is 10.6 Å². The highest BCUT2D eigenvalue weighted by Gasteiger charge is 2.19. The van der Waals surface area contributed by atoms with Gasteiger partial charge in [-0.15, -0.1) is 24.0 Å². The molecule has 0 amide bonds. The summed E-state index contributed by atoms with van der Waals surface area (Å²) in [7, 11) is 1.73. The molecule has 0 aliphatic carbocycles. The molecule has 0 bridgehead atoms. The molecule has 160 valence electrons. The first kappa shape index (κ1) is 25.0. The van der Waals surface area contributed by atoms with Gasteiger partial charge in [-0.25, -0.2) is 8.78 Å². The lowest BCUT2D eigenvalue weighted by atomic mass is 10.1. The first-order valence-electron chi connectivity index (χ1n) is 9.73. The lowest BCUT2D eigenvalue weighted by Crippen LogP contribution is -2.49. The van der Waals surface area contributed by atoms with E-state index in [0.29, 0.717) is 24.6 Å². The lowest BCUT2D eigenvalue weighted by Gasteiger charge is -2.33. The van der Waals surface area contributed by atoms with Crippen molar-refractivity contribution in [1.82, 2.24) is 15.5 Å². The molecule has 1 fully saturated rings. The average Bonchev–Trinajstić information content (AvgIpc) is 2.63. The number of likely N-dealkylation sites (tertiary alicyclic amines) is 1. The molecule has 0 radical (unpaired) electrons. The predicted octanol–water partition coefficient (Wildman–Crippen LogP) is 3.18. The summed E-state index contributed by atoms with van der Waals surface area (Å²) in [5.74, 6) is -0.337. The van der Waals surface area contributed by atoms with Crippen LogP contribution in [0.3, 0.4) is 0 Å². The minimum absolute atomic E-state index is 0. The molecule has 2 rings (SSSR count). The number of hydrogen-bond donors (Lipinski definition) is 2. The summed E-state index contributed by atoms with van der Waals surface area (Å²) in [4.78, 5) is 6.67. The van der Waals surface area contributed by atoms with E-state index in [9.17, 15) is 8.78 Å². The van der Waals surface area contributed by atoms with Crippen LogP contribution in [0.2, 0.25) is 0 Å². The van der Waals surface area contributed by atoms with E-state index in [1.54, 1.807) is 7.05 Å². The van der Waals surface area contributed by atoms with E-state index in [-0.39, 0.29) is 30.1 Å². The monoisotopic (exact) mass is 510 g/mol. The fourth-order valence-corrected chi connectivity index (χ4v) is 3.15. The highest BCUT2D eigenvalue weighted by molar-refractivity contribution is 14.0. The van der Waals surface area contributed by atoms with Gasteiger partial charge in [-0.1, -0.05) is 6.07 Å². The van der Waals surface area contributed by atoms with Gasteiger partial charge in [-0.2, -0.15) is 0 Å². The van der Waals surface area contributed by atoms with Crippen molar-refractivity contribution < 1.29 is 13.5 Å². The third kappa shape index (κ3) is 9.00. The Labute approximate surface area is 184 Å². The zero-order valence-electron chi connectivity index (χ0n) is 17.0. The molecule has 0 aromatic heterocycles. The molecule has 0 atom stereocenters. The number of ether oxygens (including phenoxy) is 1. The zero-order chi connectivity index (χ0) is 19.6. The van der Waals surface area contributed by atoms with Crippen molar-refractivity contribution >= 4 is 29.9 Å². The van der Waals surface area contributed by atoms with E-state index in [1.165, 1.54) is 12.1 Å². The molecule has 5 nitrogen and oxygen atoms in total. The van der Waals surface area contributed by atoms with E-state index in [4.69, 9.17) is 4.74 Å². The predicted molar refractivity (Wildman–Crippen MR) is 121 cm³/mol. The van der Waals surface area contributed by atoms with Crippen LogP contribution >= 0.6 is 24.0 Å². The number of piperidine rings is 1. The molecular weight excluding hydrogens is 477 g/mol. The third-order valence-corrected chi connectivity index (χ3v) is 4.71. The number of hydrogen-bond acceptors (Lipinski definition) is 3. The number of guanidine groups is 1. The summed E-state index contributed by atoms with van der Waals surface area (Å²) in [5.41, 5.74) is 0.497. The molecule has 0 saturated carbocycles. The van der Waals surface area contributed by atoms with E-state index in [2.05, 4.69) is 34.4 Å². The Morgan fingerprint density at radius 3 is 2.61 bits per heavy atom. The molecule has 2 N–H and O–H groups in total. The maximum atomic E-state index is 13.7. The van der Waals surface area contributed by atoms with E-state index < -0.39 is 11.6 Å². The fourth-order valence-electron chi connectivity index (χ4n) is 3.15. The van der Waals surface area contributed by atoms with Crippen molar-refractivity contribution in [3.8, 4) is 0 Å². The standard InChI is InChI=1S/C20H32F2N4O.HI/c1-15(2)27-13-12-26-10-7-18(8-11-26)25-20(23-3)24-9-6-16-4-5-17(21)14-19(16)22;/h4-5,14-15,18H,6-13H2,1-3H3,(H2,23,24,25);1H. The average molecular weight is 510 g/mol. The van der Waals surface area contributed by atoms with Gasteiger partial charge in [-0.05, 0) is 44.7 Å². The molecule has 1 aromatic carbocycles. The largest absolute Gasteiger partial charge is 0.377 e. The Balaban J connectivity index is 0.00000392. The number of rotatable bonds is 8. The minimum atomic E-state index is -0.552. The molecule has 8 heteroatoms. The Morgan fingerprint density at radius 1 is 1.29 bits per heavy atom. The Kier molecular flexibility index (Phi) is 11.9. The quantitative estimate of drug-likeness (QED) is 0.321. The summed E-state index contributed by atoms with van der Waals surface area (Å²) in [6.07, 6.45) is 2.85. The maximum Gasteiger partial charge on any atom is 0.191 e. The maximum absolute atomic E-state index is 13.7. The molecule has 1 aromatic rings. The first-order chi connectivity index (χ1) is 13.0. The highest BCUT2D eigenvalue weighted by Crippen LogP contribution is 2.11. The van der Waals surface area contributed by atoms with Crippen LogP contribution in [-0.2, 0) is 11.2 Å². The van der Waals surface area contributed by atoms with Gasteiger partial charge in [0.05, 0.1) is 12.7 Å². The highest BCUT2D eigenvalue weighted by atomic mass is 127. The second-order valence-corrected chi connectivity index (χ2v) is 7.16. The second-order valence-electron chi connectivity index (χ2n) is 7.16. The van der Waals surface area contributed by atoms with Crippen LogP contribution in [0.5, 0.6) is 0 Å². The van der Waals surface area contributed by atoms with Crippen molar-refractivity contribution in [2.75, 3.05) is 39.8 Å². The van der Waals surface area contributed by atoms with Crippen LogP contribution in [0.4, 0.5) is 8.78 Å². The SMILES string of the molecule is CN=C(NCCc1ccc(F)cc1F)NC1CCN(CCOC(C)C)CC1.I. The Hall–Kier alpha value is -1.00. The van der Waals surface area contributed by atoms with Gasteiger partial charge in [0, 0.05) is 45.3 Å². The molecule has 1 aliphatic rings. The summed E-state index contributed by atoms with van der Waals surface area (Å²) in [6.45, 7) is 8.47. The summed E-state index contributed by atoms with van der Waals surface area (Å²) in [5, 5.41) is 6.65. The van der Waals surface area contributed by atoms with Crippen LogP contribution in [0.25, 0.3) is 0 Å². The van der Waals surface area contributed by atoms with Gasteiger partial charge in [-0.3, -0.25) is 4.99 Å². The smallest absolute Gasteiger partial charge is 0.191 e. The first-order valence-corrected chi connectivity index (χ1v) is 9.73. The molecule has 1 saturated heterocycles. The van der Waals surface area contributed by atoms with Crippen molar-refractivity contribution in [3.63, 3.8) is 0 Å². The van der Waals surface area contributed by atoms with Crippen LogP contribution in [-0.4, -0.2) is 62.8 Å². The van der Waals surface area contributed by atoms with Crippen LogP contribution in [0.1, 0.15) is 32.3 Å². The van der Waals surface area contributed by atoms with Gasteiger partial charge in [0.1, 0.15) is 11.6 Å². The molecule has 0 unspecified atom stereocenters. The van der Waals surface area contributed by atoms with Crippen molar-refractivity contribution in [1.29, 1.82) is 0 Å². The summed E-state index contributed by atoms with van der Waals surface area (Å²) < 4.78 is 32.2. The summed E-state index contributed by atoms with van der Waals surface area (Å²) >= 11 is 0. The molecular formula is C20H33F2IN4O. The van der Waals surface area contributed by atoms with Gasteiger partial charge < -0.3 is 20.3 Å². The van der Waals surface area contributed by atoms with E-state index >= 15 is 0 Å². The fraction of sp³-hybridized carbons (Fsp3) is 0.650. The minimum Gasteiger partial charge on any atom is -0.377 e. The van der Waals surface area contributed by atoms with Gasteiger partial charge in [0.15, 0.2) is 5.96 Å². The number of aliphatic imine (C=N–C) groups is 1. The molecule has 28 heavy (non-hydrogen) atoms. The zero-order valence-corrected chi connectivity index (χ0v) is 19.3.